The van der Waals surface area contributed by atoms with Gasteiger partial charge in [0.15, 0.2) is 23.3 Å². The summed E-state index contributed by atoms with van der Waals surface area (Å²) in [5.74, 6) is 2.49. The van der Waals surface area contributed by atoms with E-state index in [0.29, 0.717) is 51.6 Å². The van der Waals surface area contributed by atoms with Crippen molar-refractivity contribution < 1.29 is 30.6 Å². The Morgan fingerprint density at radius 2 is 0.788 bits per heavy atom. The molecule has 52 heavy (non-hydrogen) atoms. The molecule has 10 rings (SSSR count). The second-order valence-corrected chi connectivity index (χ2v) is 12.3. The van der Waals surface area contributed by atoms with Crippen LogP contribution >= 0.6 is 0 Å². The van der Waals surface area contributed by atoms with Gasteiger partial charge in [0, 0.05) is 60.8 Å². The Hall–Kier alpha value is -6.32. The van der Waals surface area contributed by atoms with Crippen LogP contribution in [0.15, 0.2) is 121 Å². The van der Waals surface area contributed by atoms with E-state index in [2.05, 4.69) is 14.7 Å². The van der Waals surface area contributed by atoms with Crippen molar-refractivity contribution in [3.8, 4) is 51.3 Å². The third-order valence-corrected chi connectivity index (χ3v) is 8.93. The number of phenolic OH excluding ortho intramolecular Hbond substituents is 1. The molecule has 2 aliphatic heterocycles. The fourth-order valence-electron chi connectivity index (χ4n) is 6.22. The quantitative estimate of drug-likeness (QED) is 0.103. The Bertz CT molecular complexity index is 2540. The van der Waals surface area contributed by atoms with Gasteiger partial charge in [-0.25, -0.2) is 29.9 Å². The van der Waals surface area contributed by atoms with E-state index in [1.165, 1.54) is 24.3 Å². The Balaban J connectivity index is 0.000000280. The number of benzene rings is 5. The average Bonchev–Trinajstić information content (AvgIpc) is 3.89. The first kappa shape index (κ1) is 32.9. The normalized spacial score (nSPS) is 11.9. The number of H-pyrrole nitrogens is 2. The van der Waals surface area contributed by atoms with Gasteiger partial charge >= 0.3 is 16.8 Å². The summed E-state index contributed by atoms with van der Waals surface area (Å²) in [5.41, 5.74) is 6.88. The van der Waals surface area contributed by atoms with Crippen molar-refractivity contribution in [2.75, 3.05) is 4.72 Å². The molecule has 1 unspecified atom stereocenters. The zero-order valence-corrected chi connectivity index (χ0v) is 28.6. The maximum atomic E-state index is 10.1. The molecule has 8 bridgehead atoms. The smallest absolute Gasteiger partial charge is 0.755 e. The molecular weight excluding hydrogens is 721 g/mol. The second kappa shape index (κ2) is 13.4. The van der Waals surface area contributed by atoms with Crippen LogP contribution in [-0.2, 0) is 28.0 Å². The van der Waals surface area contributed by atoms with Gasteiger partial charge in [0.1, 0.15) is 28.3 Å². The fourth-order valence-corrected chi connectivity index (χ4v) is 6.55. The monoisotopic (exact) mass is 745 g/mol. The Morgan fingerprint density at radius 3 is 1.10 bits per heavy atom. The molecule has 3 aromatic heterocycles. The number of nitrogens with one attached hydrogen (secondary N) is 3. The molecule has 0 amide bonds. The van der Waals surface area contributed by atoms with E-state index in [1.807, 2.05) is 97.1 Å². The Morgan fingerprint density at radius 1 is 0.481 bits per heavy atom. The number of aromatic hydroxyl groups is 1. The van der Waals surface area contributed by atoms with Crippen LogP contribution in [0.25, 0.3) is 89.7 Å². The Labute approximate surface area is 307 Å². The van der Waals surface area contributed by atoms with Crippen molar-refractivity contribution in [1.82, 2.24) is 39.9 Å². The van der Waals surface area contributed by atoms with Gasteiger partial charge in [0.2, 0.25) is 0 Å². The SMILES string of the molecule is O=S([O-])Nc1ccc(O)cc1.[Co+2].c1ccc2c(c1)-c1nc-2nc2[nH]c(nc3nc(nc4[nH]c(n1)c1ccccc41)-c1ccccc1-3)c1ccccc21. The van der Waals surface area contributed by atoms with E-state index in [9.17, 15) is 8.76 Å². The molecule has 0 aliphatic carbocycles. The Kier molecular flexibility index (Phi) is 8.48. The van der Waals surface area contributed by atoms with E-state index in [4.69, 9.17) is 35.0 Å². The summed E-state index contributed by atoms with van der Waals surface area (Å²) in [4.78, 5) is 36.8. The summed E-state index contributed by atoms with van der Waals surface area (Å²) >= 11 is -2.30. The number of phenols is 1. The summed E-state index contributed by atoms with van der Waals surface area (Å²) < 4.78 is 22.3. The summed E-state index contributed by atoms with van der Waals surface area (Å²) in [5, 5.41) is 12.6. The van der Waals surface area contributed by atoms with Crippen LogP contribution in [0.4, 0.5) is 5.69 Å². The summed E-state index contributed by atoms with van der Waals surface area (Å²) in [6.07, 6.45) is 0. The maximum Gasteiger partial charge on any atom is 2.00 e. The zero-order valence-electron chi connectivity index (χ0n) is 26.7. The largest absolute Gasteiger partial charge is 2.00 e. The van der Waals surface area contributed by atoms with E-state index in [1.54, 1.807) is 0 Å². The first-order chi connectivity index (χ1) is 25.0. The number of hydrogen-bond donors (Lipinski definition) is 4. The van der Waals surface area contributed by atoms with Crippen LogP contribution in [-0.4, -0.2) is 53.7 Å². The van der Waals surface area contributed by atoms with Crippen LogP contribution in [0, 0.1) is 0 Å². The van der Waals surface area contributed by atoms with Gasteiger partial charge in [0.25, 0.3) is 0 Å². The number of hydrogen-bond acceptors (Lipinski definition) is 9. The molecule has 5 heterocycles. The zero-order chi connectivity index (χ0) is 34.5. The van der Waals surface area contributed by atoms with Gasteiger partial charge in [-0.05, 0) is 24.3 Å². The molecule has 1 atom stereocenters. The second-order valence-electron chi connectivity index (χ2n) is 11.7. The molecule has 253 valence electrons. The third-order valence-electron chi connectivity index (χ3n) is 8.53. The maximum absolute atomic E-state index is 10.1. The van der Waals surface area contributed by atoms with Gasteiger partial charge in [-0.2, -0.15) is 0 Å². The summed E-state index contributed by atoms with van der Waals surface area (Å²) in [6, 6.07) is 38.0. The van der Waals surface area contributed by atoms with E-state index < -0.39 is 11.3 Å². The topological polar surface area (TPSA) is 181 Å². The van der Waals surface area contributed by atoms with E-state index in [0.717, 1.165) is 43.8 Å². The van der Waals surface area contributed by atoms with Crippen molar-refractivity contribution >= 4 is 61.1 Å². The third kappa shape index (κ3) is 5.94. The van der Waals surface area contributed by atoms with Crippen molar-refractivity contribution in [1.29, 1.82) is 0 Å². The van der Waals surface area contributed by atoms with Crippen LogP contribution < -0.4 is 4.72 Å². The van der Waals surface area contributed by atoms with Crippen LogP contribution in [0.1, 0.15) is 0 Å². The van der Waals surface area contributed by atoms with E-state index in [-0.39, 0.29) is 22.5 Å². The molecule has 0 fully saturated rings. The minimum atomic E-state index is -2.30. The number of rotatable bonds is 2. The molecule has 12 nitrogen and oxygen atoms in total. The van der Waals surface area contributed by atoms with Gasteiger partial charge in [-0.3, -0.25) is 4.21 Å². The van der Waals surface area contributed by atoms with Gasteiger partial charge in [0.05, 0.1) is 0 Å². The molecule has 14 heteroatoms. The van der Waals surface area contributed by atoms with Crippen LogP contribution in [0.3, 0.4) is 0 Å². The summed E-state index contributed by atoms with van der Waals surface area (Å²) in [6.45, 7) is 0. The van der Waals surface area contributed by atoms with Gasteiger partial charge in [-0.1, -0.05) is 97.1 Å². The average molecular weight is 746 g/mol. The molecule has 0 saturated carbocycles. The molecular formula is C38H24CoN9O3S+. The van der Waals surface area contributed by atoms with E-state index >= 15 is 0 Å². The van der Waals surface area contributed by atoms with Gasteiger partial charge in [-0.15, -0.1) is 0 Å². The van der Waals surface area contributed by atoms with Crippen LogP contribution in [0.5, 0.6) is 5.75 Å². The van der Waals surface area contributed by atoms with Crippen molar-refractivity contribution in [2.45, 2.75) is 0 Å². The predicted octanol–water partition coefficient (Wildman–Crippen LogP) is 7.46. The first-order valence-electron chi connectivity index (χ1n) is 15.8. The number of aromatic nitrogens is 8. The number of aromatic amines is 2. The summed E-state index contributed by atoms with van der Waals surface area (Å²) in [7, 11) is 0. The van der Waals surface area contributed by atoms with Gasteiger partial charge < -0.3 is 24.3 Å². The number of fused-ring (bicyclic) bond motifs is 20. The standard InChI is InChI=1S/C32H18N8.C6H7NO3S.Co/c1-2-10-18-17(9-1)25-33-26(18)38-28-21-13-5-6-14-22(21)30(35-28)40-32-24-16-8-7-15-23(24)31(36-32)39-29-20-12-4-3-11-19(20)27(34-29)37-25;8-6-3-1-5(2-4-6)7-11(9)10;/h1-16H,(H2,33,34,35,36,37,38,39,40);1-4,7-8H,(H,9,10);/q;;+2/p-1. The predicted molar refractivity (Wildman–Crippen MR) is 197 cm³/mol. The number of anilines is 1. The van der Waals surface area contributed by atoms with Crippen molar-refractivity contribution in [2.24, 2.45) is 0 Å². The first-order valence-corrected chi connectivity index (χ1v) is 16.9. The molecule has 4 N–H and O–H groups in total. The van der Waals surface area contributed by atoms with Crippen molar-refractivity contribution in [3.05, 3.63) is 121 Å². The number of nitrogens with zero attached hydrogens (tertiary/aromatic N) is 6. The fraction of sp³-hybridized carbons (Fsp3) is 0. The molecule has 1 radical (unpaired) electrons. The minimum Gasteiger partial charge on any atom is -0.755 e. The molecule has 0 saturated heterocycles. The molecule has 5 aromatic carbocycles. The molecule has 2 aliphatic rings. The molecule has 8 aromatic rings. The minimum absolute atomic E-state index is 0. The van der Waals surface area contributed by atoms with Crippen LogP contribution in [0.2, 0.25) is 0 Å². The van der Waals surface area contributed by atoms with Crippen molar-refractivity contribution in [3.63, 3.8) is 0 Å². The molecule has 0 spiro atoms.